The summed E-state index contributed by atoms with van der Waals surface area (Å²) in [6.45, 7) is 4.49. The Labute approximate surface area is 118 Å². The number of ether oxygens (including phenoxy) is 1. The molecule has 20 heavy (non-hydrogen) atoms. The minimum Gasteiger partial charge on any atom is -0.490 e. The van der Waals surface area contributed by atoms with Crippen molar-refractivity contribution in [2.75, 3.05) is 6.54 Å². The van der Waals surface area contributed by atoms with E-state index < -0.39 is 5.54 Å². The molecule has 1 fully saturated rings. The summed E-state index contributed by atoms with van der Waals surface area (Å²) in [6, 6.07) is 4.47. The third kappa shape index (κ3) is 2.93. The lowest BCUT2D eigenvalue weighted by atomic mass is 9.96. The second-order valence-electron chi connectivity index (χ2n) is 5.37. The Morgan fingerprint density at radius 1 is 1.60 bits per heavy atom. The first-order valence-electron chi connectivity index (χ1n) is 6.94. The van der Waals surface area contributed by atoms with Crippen molar-refractivity contribution in [3.8, 4) is 5.75 Å². The number of hydrogen-bond acceptors (Lipinski definition) is 3. The van der Waals surface area contributed by atoms with Gasteiger partial charge in [-0.2, -0.15) is 0 Å². The van der Waals surface area contributed by atoms with Crippen molar-refractivity contribution < 1.29 is 13.9 Å². The Balaban J connectivity index is 2.09. The van der Waals surface area contributed by atoms with E-state index in [2.05, 4.69) is 5.32 Å². The lowest BCUT2D eigenvalue weighted by Gasteiger charge is -2.26. The fourth-order valence-corrected chi connectivity index (χ4v) is 2.79. The van der Waals surface area contributed by atoms with Gasteiger partial charge in [-0.25, -0.2) is 4.39 Å². The minimum atomic E-state index is -0.694. The topological polar surface area (TPSA) is 64.3 Å². The predicted molar refractivity (Wildman–Crippen MR) is 75.0 cm³/mol. The molecule has 1 aliphatic rings. The van der Waals surface area contributed by atoms with Crippen LogP contribution in [0.25, 0.3) is 0 Å². The number of hydrogen-bond donors (Lipinski definition) is 2. The summed E-state index contributed by atoms with van der Waals surface area (Å²) in [5, 5.41) is 3.17. The normalized spacial score (nSPS) is 25.6. The summed E-state index contributed by atoms with van der Waals surface area (Å²) in [7, 11) is 0. The van der Waals surface area contributed by atoms with Gasteiger partial charge in [0.15, 0.2) is 0 Å². The maximum atomic E-state index is 13.3. The number of nitrogens with two attached hydrogens (primary N) is 1. The van der Waals surface area contributed by atoms with Gasteiger partial charge < -0.3 is 15.8 Å². The highest BCUT2D eigenvalue weighted by Gasteiger charge is 2.44. The van der Waals surface area contributed by atoms with E-state index in [9.17, 15) is 9.18 Å². The molecular formula is C15H21FN2O2. The molecule has 0 saturated heterocycles. The summed E-state index contributed by atoms with van der Waals surface area (Å²) >= 11 is 0. The Hall–Kier alpha value is -1.62. The standard InChI is InChI=1S/C15H21FN2O2/c1-3-18-15(14(17)19)7-6-12(9-15)20-13-8-11(16)5-4-10(13)2/h4-5,8,12,18H,3,6-7,9H2,1-2H3,(H2,17,19). The van der Waals surface area contributed by atoms with E-state index in [1.807, 2.05) is 13.8 Å². The number of halogens is 1. The van der Waals surface area contributed by atoms with Crippen molar-refractivity contribution >= 4 is 5.91 Å². The van der Waals surface area contributed by atoms with Gasteiger partial charge in [0.05, 0.1) is 0 Å². The van der Waals surface area contributed by atoms with Crippen LogP contribution in [-0.2, 0) is 4.79 Å². The smallest absolute Gasteiger partial charge is 0.237 e. The van der Waals surface area contributed by atoms with Crippen molar-refractivity contribution in [1.29, 1.82) is 0 Å². The van der Waals surface area contributed by atoms with E-state index in [1.165, 1.54) is 12.1 Å². The number of aryl methyl sites for hydroxylation is 1. The molecule has 0 heterocycles. The van der Waals surface area contributed by atoms with Crippen molar-refractivity contribution in [2.45, 2.75) is 44.8 Å². The highest BCUT2D eigenvalue weighted by Crippen LogP contribution is 2.33. The van der Waals surface area contributed by atoms with Crippen LogP contribution in [0.1, 0.15) is 31.7 Å². The summed E-state index contributed by atoms with van der Waals surface area (Å²) < 4.78 is 19.1. The lowest BCUT2D eigenvalue weighted by Crippen LogP contribution is -2.54. The van der Waals surface area contributed by atoms with Crippen LogP contribution in [0.15, 0.2) is 18.2 Å². The molecule has 2 rings (SSSR count). The van der Waals surface area contributed by atoms with Crippen LogP contribution in [0.3, 0.4) is 0 Å². The average molecular weight is 280 g/mol. The van der Waals surface area contributed by atoms with Crippen LogP contribution < -0.4 is 15.8 Å². The van der Waals surface area contributed by atoms with Crippen molar-refractivity contribution in [2.24, 2.45) is 5.73 Å². The number of nitrogens with one attached hydrogen (secondary N) is 1. The molecule has 1 saturated carbocycles. The molecule has 2 atom stereocenters. The van der Waals surface area contributed by atoms with E-state index in [4.69, 9.17) is 10.5 Å². The molecule has 0 radical (unpaired) electrons. The van der Waals surface area contributed by atoms with Gasteiger partial charge in [0.2, 0.25) is 5.91 Å². The van der Waals surface area contributed by atoms with Crippen LogP contribution in [0.2, 0.25) is 0 Å². The zero-order valence-corrected chi connectivity index (χ0v) is 11.9. The van der Waals surface area contributed by atoms with Crippen LogP contribution >= 0.6 is 0 Å². The van der Waals surface area contributed by atoms with E-state index in [-0.39, 0.29) is 17.8 Å². The summed E-state index contributed by atoms with van der Waals surface area (Å²) in [5.41, 5.74) is 5.70. The fraction of sp³-hybridized carbons (Fsp3) is 0.533. The van der Waals surface area contributed by atoms with Crippen LogP contribution in [0.5, 0.6) is 5.75 Å². The summed E-state index contributed by atoms with van der Waals surface area (Å²) in [5.74, 6) is -0.135. The van der Waals surface area contributed by atoms with Crippen LogP contribution in [0, 0.1) is 12.7 Å². The molecule has 0 aliphatic heterocycles. The number of carbonyl (C=O) groups excluding carboxylic acids is 1. The minimum absolute atomic E-state index is 0.123. The molecule has 2 unspecified atom stereocenters. The van der Waals surface area contributed by atoms with E-state index in [1.54, 1.807) is 6.07 Å². The highest BCUT2D eigenvalue weighted by molar-refractivity contribution is 5.85. The Morgan fingerprint density at radius 3 is 3.00 bits per heavy atom. The molecular weight excluding hydrogens is 259 g/mol. The molecule has 4 nitrogen and oxygen atoms in total. The average Bonchev–Trinajstić information content (AvgIpc) is 2.79. The molecule has 0 bridgehead atoms. The first kappa shape index (κ1) is 14.8. The Kier molecular flexibility index (Phi) is 4.28. The summed E-state index contributed by atoms with van der Waals surface area (Å²) in [4.78, 5) is 11.7. The quantitative estimate of drug-likeness (QED) is 0.866. The second-order valence-corrected chi connectivity index (χ2v) is 5.37. The molecule has 110 valence electrons. The van der Waals surface area contributed by atoms with E-state index >= 15 is 0 Å². The molecule has 0 aromatic heterocycles. The molecule has 5 heteroatoms. The zero-order chi connectivity index (χ0) is 14.8. The molecule has 1 aromatic carbocycles. The lowest BCUT2D eigenvalue weighted by molar-refractivity contribution is -0.124. The number of amides is 1. The van der Waals surface area contributed by atoms with E-state index in [0.29, 0.717) is 25.1 Å². The molecule has 3 N–H and O–H groups in total. The number of primary amides is 1. The number of rotatable bonds is 5. The largest absolute Gasteiger partial charge is 0.490 e. The maximum Gasteiger partial charge on any atom is 0.237 e. The third-order valence-corrected chi connectivity index (χ3v) is 3.90. The number of carbonyl (C=O) groups is 1. The molecule has 0 spiro atoms. The highest BCUT2D eigenvalue weighted by atomic mass is 19.1. The zero-order valence-electron chi connectivity index (χ0n) is 11.9. The predicted octanol–water partition coefficient (Wildman–Crippen LogP) is 1.90. The number of benzene rings is 1. The molecule has 1 aromatic rings. The van der Waals surface area contributed by atoms with Gasteiger partial charge >= 0.3 is 0 Å². The summed E-state index contributed by atoms with van der Waals surface area (Å²) in [6.07, 6.45) is 1.77. The van der Waals surface area contributed by atoms with Crippen molar-refractivity contribution in [3.05, 3.63) is 29.6 Å². The Morgan fingerprint density at radius 2 is 2.35 bits per heavy atom. The van der Waals surface area contributed by atoms with E-state index in [0.717, 1.165) is 12.0 Å². The van der Waals surface area contributed by atoms with Gasteiger partial charge in [-0.05, 0) is 37.9 Å². The maximum absolute atomic E-state index is 13.3. The SMILES string of the molecule is CCNC1(C(N)=O)CCC(Oc2cc(F)ccc2C)C1. The van der Waals surface area contributed by atoms with Crippen LogP contribution in [0.4, 0.5) is 4.39 Å². The third-order valence-electron chi connectivity index (χ3n) is 3.90. The van der Waals surface area contributed by atoms with Crippen molar-refractivity contribution in [1.82, 2.24) is 5.32 Å². The second kappa shape index (κ2) is 5.79. The van der Waals surface area contributed by atoms with Gasteiger partial charge in [0, 0.05) is 12.5 Å². The fourth-order valence-electron chi connectivity index (χ4n) is 2.79. The first-order chi connectivity index (χ1) is 9.47. The van der Waals surface area contributed by atoms with Gasteiger partial charge in [0.25, 0.3) is 0 Å². The van der Waals surface area contributed by atoms with Crippen LogP contribution in [-0.4, -0.2) is 24.1 Å². The van der Waals surface area contributed by atoms with Gasteiger partial charge in [-0.15, -0.1) is 0 Å². The molecule has 1 amide bonds. The van der Waals surface area contributed by atoms with Crippen molar-refractivity contribution in [3.63, 3.8) is 0 Å². The number of likely N-dealkylation sites (N-methyl/N-ethyl adjacent to an activating group) is 1. The Bertz CT molecular complexity index is 507. The molecule has 1 aliphatic carbocycles. The monoisotopic (exact) mass is 280 g/mol. The first-order valence-corrected chi connectivity index (χ1v) is 6.94. The van der Waals surface area contributed by atoms with Gasteiger partial charge in [-0.3, -0.25) is 4.79 Å². The van der Waals surface area contributed by atoms with Gasteiger partial charge in [-0.1, -0.05) is 13.0 Å². The van der Waals surface area contributed by atoms with Gasteiger partial charge in [0.1, 0.15) is 23.2 Å².